The van der Waals surface area contributed by atoms with Crippen LogP contribution in [-0.4, -0.2) is 27.6 Å². The Hall–Kier alpha value is -2.80. The molecule has 0 unspecified atom stereocenters. The molecule has 1 aliphatic rings. The summed E-state index contributed by atoms with van der Waals surface area (Å²) in [7, 11) is 1.95. The minimum absolute atomic E-state index is 0.209. The second-order valence-corrected chi connectivity index (χ2v) is 6.84. The number of imidazole rings is 1. The van der Waals surface area contributed by atoms with Gasteiger partial charge in [0, 0.05) is 44.2 Å². The Morgan fingerprint density at radius 2 is 1.86 bits per heavy atom. The van der Waals surface area contributed by atoms with Crippen LogP contribution < -0.4 is 4.74 Å². The van der Waals surface area contributed by atoms with Gasteiger partial charge in [-0.15, -0.1) is 0 Å². The zero-order valence-corrected chi connectivity index (χ0v) is 15.4. The average Bonchev–Trinajstić information content (AvgIpc) is 3.00. The van der Waals surface area contributed by atoms with Gasteiger partial charge in [0.25, 0.3) is 0 Å². The predicted octanol–water partition coefficient (Wildman–Crippen LogP) is 4.39. The minimum Gasteiger partial charge on any atom is -0.434 e. The number of fused-ring (bicyclic) bond motifs is 1. The number of hydrogen-bond donors (Lipinski definition) is 0. The maximum Gasteiger partial charge on any atom is 0.387 e. The van der Waals surface area contributed by atoms with Crippen molar-refractivity contribution in [1.82, 2.24) is 14.5 Å². The van der Waals surface area contributed by atoms with Gasteiger partial charge in [-0.05, 0) is 30.3 Å². The lowest BCUT2D eigenvalue weighted by molar-refractivity contribution is -0.0508. The van der Waals surface area contributed by atoms with E-state index in [2.05, 4.69) is 9.64 Å². The van der Waals surface area contributed by atoms with Crippen molar-refractivity contribution < 1.29 is 17.9 Å². The monoisotopic (exact) mass is 387 g/mol. The quantitative estimate of drug-likeness (QED) is 0.651. The van der Waals surface area contributed by atoms with Gasteiger partial charge in [0.2, 0.25) is 0 Å². The van der Waals surface area contributed by atoms with Crippen molar-refractivity contribution in [3.63, 3.8) is 0 Å². The van der Waals surface area contributed by atoms with Crippen LogP contribution in [-0.2, 0) is 26.6 Å². The van der Waals surface area contributed by atoms with Gasteiger partial charge < -0.3 is 9.30 Å². The summed E-state index contributed by atoms with van der Waals surface area (Å²) in [6, 6.07) is 13.2. The largest absolute Gasteiger partial charge is 0.434 e. The first kappa shape index (κ1) is 18.6. The fourth-order valence-electron chi connectivity index (χ4n) is 3.62. The zero-order chi connectivity index (χ0) is 19.7. The Morgan fingerprint density at radius 3 is 2.61 bits per heavy atom. The lowest BCUT2D eigenvalue weighted by Crippen LogP contribution is -2.31. The average molecular weight is 387 g/mol. The van der Waals surface area contributed by atoms with E-state index in [1.165, 1.54) is 12.1 Å². The predicted molar refractivity (Wildman–Crippen MR) is 99.5 cm³/mol. The molecule has 4 rings (SSSR count). The molecule has 0 atom stereocenters. The number of alkyl halides is 2. The van der Waals surface area contributed by atoms with Gasteiger partial charge in [-0.25, -0.2) is 9.37 Å². The van der Waals surface area contributed by atoms with E-state index < -0.39 is 6.61 Å². The van der Waals surface area contributed by atoms with Crippen LogP contribution in [0.4, 0.5) is 13.2 Å². The third-order valence-electron chi connectivity index (χ3n) is 5.02. The van der Waals surface area contributed by atoms with Crippen molar-refractivity contribution in [2.45, 2.75) is 26.1 Å². The first-order chi connectivity index (χ1) is 13.5. The van der Waals surface area contributed by atoms with Crippen molar-refractivity contribution in [3.8, 4) is 17.1 Å². The number of rotatable bonds is 5. The minimum atomic E-state index is -2.84. The molecule has 0 saturated heterocycles. The van der Waals surface area contributed by atoms with Crippen LogP contribution in [0.1, 0.15) is 17.0 Å². The Bertz CT molecular complexity index is 970. The Labute approximate surface area is 161 Å². The molecule has 0 spiro atoms. The molecular formula is C21H20F3N3O. The van der Waals surface area contributed by atoms with Crippen LogP contribution in [0.3, 0.4) is 0 Å². The van der Waals surface area contributed by atoms with Crippen molar-refractivity contribution in [2.24, 2.45) is 7.05 Å². The molecule has 28 heavy (non-hydrogen) atoms. The molecule has 146 valence electrons. The third-order valence-corrected chi connectivity index (χ3v) is 5.02. The van der Waals surface area contributed by atoms with Gasteiger partial charge >= 0.3 is 6.61 Å². The normalized spacial score (nSPS) is 14.3. The summed E-state index contributed by atoms with van der Waals surface area (Å²) >= 11 is 0. The number of aromatic nitrogens is 2. The molecule has 0 radical (unpaired) electrons. The molecule has 0 saturated carbocycles. The smallest absolute Gasteiger partial charge is 0.387 e. The summed E-state index contributed by atoms with van der Waals surface area (Å²) in [6.45, 7) is -0.900. The molecule has 1 aliphatic heterocycles. The van der Waals surface area contributed by atoms with Gasteiger partial charge in [0.15, 0.2) is 0 Å². The van der Waals surface area contributed by atoms with Crippen LogP contribution in [0.2, 0.25) is 0 Å². The molecular weight excluding hydrogens is 367 g/mol. The molecule has 4 nitrogen and oxygen atoms in total. The molecule has 0 N–H and O–H groups in total. The van der Waals surface area contributed by atoms with E-state index in [1.807, 2.05) is 17.7 Å². The summed E-state index contributed by atoms with van der Waals surface area (Å²) < 4.78 is 45.2. The second-order valence-electron chi connectivity index (χ2n) is 6.84. The van der Waals surface area contributed by atoms with E-state index in [9.17, 15) is 13.2 Å². The molecule has 1 aromatic heterocycles. The van der Waals surface area contributed by atoms with Crippen LogP contribution in [0.15, 0.2) is 48.5 Å². The number of nitrogens with zero attached hydrogens (tertiary/aromatic N) is 3. The third kappa shape index (κ3) is 3.75. The SMILES string of the molecule is Cn1c(-c2ccc(F)cc2)nc2c1CN(Cc1ccccc1OC(F)F)CC2. The van der Waals surface area contributed by atoms with Crippen LogP contribution in [0, 0.1) is 5.82 Å². The van der Waals surface area contributed by atoms with Crippen LogP contribution >= 0.6 is 0 Å². The highest BCUT2D eigenvalue weighted by Crippen LogP contribution is 2.28. The first-order valence-corrected chi connectivity index (χ1v) is 9.06. The summed E-state index contributed by atoms with van der Waals surface area (Å²) in [4.78, 5) is 6.93. The highest BCUT2D eigenvalue weighted by atomic mass is 19.3. The van der Waals surface area contributed by atoms with E-state index in [1.54, 1.807) is 30.3 Å². The second kappa shape index (κ2) is 7.67. The Kier molecular flexibility index (Phi) is 5.09. The number of ether oxygens (including phenoxy) is 1. The molecule has 2 heterocycles. The summed E-state index contributed by atoms with van der Waals surface area (Å²) in [6.07, 6.45) is 0.766. The van der Waals surface area contributed by atoms with E-state index in [-0.39, 0.29) is 11.6 Å². The summed E-state index contributed by atoms with van der Waals surface area (Å²) in [5.74, 6) is 0.729. The van der Waals surface area contributed by atoms with E-state index in [4.69, 9.17) is 4.98 Å². The van der Waals surface area contributed by atoms with Gasteiger partial charge in [0.05, 0.1) is 11.4 Å². The number of hydrogen-bond acceptors (Lipinski definition) is 3. The molecule has 0 amide bonds. The standard InChI is InChI=1S/C21H20F3N3O/c1-26-18-13-27(12-15-4-2-3-5-19(15)28-21(23)24)11-10-17(18)25-20(26)14-6-8-16(22)9-7-14/h2-9,21H,10-13H2,1H3. The molecule has 7 heteroatoms. The summed E-state index contributed by atoms with van der Waals surface area (Å²) in [5.41, 5.74) is 3.70. The highest BCUT2D eigenvalue weighted by Gasteiger charge is 2.24. The maximum absolute atomic E-state index is 13.2. The maximum atomic E-state index is 13.2. The van der Waals surface area contributed by atoms with Gasteiger partial charge in [-0.1, -0.05) is 18.2 Å². The van der Waals surface area contributed by atoms with Crippen molar-refractivity contribution >= 4 is 0 Å². The van der Waals surface area contributed by atoms with E-state index in [0.29, 0.717) is 13.1 Å². The summed E-state index contributed by atoms with van der Waals surface area (Å²) in [5, 5.41) is 0. The zero-order valence-electron chi connectivity index (χ0n) is 15.4. The van der Waals surface area contributed by atoms with Crippen molar-refractivity contribution in [3.05, 3.63) is 71.3 Å². The lowest BCUT2D eigenvalue weighted by atomic mass is 10.1. The van der Waals surface area contributed by atoms with E-state index >= 15 is 0 Å². The van der Waals surface area contributed by atoms with Crippen LogP contribution in [0.25, 0.3) is 11.4 Å². The van der Waals surface area contributed by atoms with Gasteiger partial charge in [-0.3, -0.25) is 4.90 Å². The van der Waals surface area contributed by atoms with Crippen LogP contribution in [0.5, 0.6) is 5.75 Å². The van der Waals surface area contributed by atoms with Crippen molar-refractivity contribution in [2.75, 3.05) is 6.54 Å². The molecule has 0 bridgehead atoms. The fraction of sp³-hybridized carbons (Fsp3) is 0.286. The highest BCUT2D eigenvalue weighted by molar-refractivity contribution is 5.57. The Balaban J connectivity index is 1.55. The molecule has 0 fully saturated rings. The number of para-hydroxylation sites is 1. The molecule has 0 aliphatic carbocycles. The molecule has 3 aromatic rings. The van der Waals surface area contributed by atoms with E-state index in [0.717, 1.165) is 41.3 Å². The topological polar surface area (TPSA) is 30.3 Å². The fourth-order valence-corrected chi connectivity index (χ4v) is 3.62. The number of halogens is 3. The van der Waals surface area contributed by atoms with Gasteiger partial charge in [0.1, 0.15) is 17.4 Å². The number of benzene rings is 2. The Morgan fingerprint density at radius 1 is 1.11 bits per heavy atom. The van der Waals surface area contributed by atoms with Gasteiger partial charge in [-0.2, -0.15) is 8.78 Å². The molecule has 2 aromatic carbocycles. The van der Waals surface area contributed by atoms with Crippen molar-refractivity contribution in [1.29, 1.82) is 0 Å². The first-order valence-electron chi connectivity index (χ1n) is 9.06. The lowest BCUT2D eigenvalue weighted by Gasteiger charge is -2.27.